The molecular formula is C17H18BrNO7. The molecule has 0 spiro atoms. The van der Waals surface area contributed by atoms with Crippen LogP contribution in [0.2, 0.25) is 0 Å². The molecule has 1 heterocycles. The van der Waals surface area contributed by atoms with Gasteiger partial charge in [0.1, 0.15) is 11.4 Å². The Kier molecular flexibility index (Phi) is 6.14. The van der Waals surface area contributed by atoms with Crippen molar-refractivity contribution in [1.29, 1.82) is 0 Å². The molecule has 0 aliphatic rings. The van der Waals surface area contributed by atoms with Gasteiger partial charge in [-0.1, -0.05) is 0 Å². The number of carboxylic acid groups (broad SMARTS) is 1. The molecule has 26 heavy (non-hydrogen) atoms. The maximum absolute atomic E-state index is 12.1. The first-order valence-corrected chi connectivity index (χ1v) is 8.31. The van der Waals surface area contributed by atoms with Gasteiger partial charge >= 0.3 is 11.9 Å². The highest BCUT2D eigenvalue weighted by Crippen LogP contribution is 2.47. The Morgan fingerprint density at radius 2 is 1.73 bits per heavy atom. The monoisotopic (exact) mass is 427 g/mol. The normalized spacial score (nSPS) is 10.3. The quantitative estimate of drug-likeness (QED) is 0.652. The van der Waals surface area contributed by atoms with Gasteiger partial charge in [-0.25, -0.2) is 9.59 Å². The number of ether oxygens (including phenoxy) is 4. The zero-order valence-corrected chi connectivity index (χ0v) is 16.2. The molecule has 0 bridgehead atoms. The third-order valence-electron chi connectivity index (χ3n) is 3.61. The first-order chi connectivity index (χ1) is 12.4. The Labute approximate surface area is 158 Å². The third-order valence-corrected chi connectivity index (χ3v) is 4.40. The van der Waals surface area contributed by atoms with Crippen molar-refractivity contribution in [2.45, 2.75) is 6.92 Å². The van der Waals surface area contributed by atoms with Crippen molar-refractivity contribution in [3.8, 4) is 28.4 Å². The van der Waals surface area contributed by atoms with E-state index in [1.165, 1.54) is 21.3 Å². The maximum Gasteiger partial charge on any atom is 0.355 e. The molecule has 2 N–H and O–H groups in total. The van der Waals surface area contributed by atoms with Crippen molar-refractivity contribution in [2.24, 2.45) is 0 Å². The van der Waals surface area contributed by atoms with Gasteiger partial charge in [0, 0.05) is 11.1 Å². The summed E-state index contributed by atoms with van der Waals surface area (Å²) in [4.78, 5) is 26.4. The van der Waals surface area contributed by atoms with E-state index in [2.05, 4.69) is 20.9 Å². The van der Waals surface area contributed by atoms with Gasteiger partial charge in [0.15, 0.2) is 11.5 Å². The number of methoxy groups -OCH3 is 3. The third kappa shape index (κ3) is 3.34. The van der Waals surface area contributed by atoms with E-state index in [1.54, 1.807) is 19.1 Å². The van der Waals surface area contributed by atoms with E-state index >= 15 is 0 Å². The highest BCUT2D eigenvalue weighted by molar-refractivity contribution is 9.10. The second-order valence-electron chi connectivity index (χ2n) is 4.97. The molecule has 0 atom stereocenters. The molecule has 0 aliphatic heterocycles. The van der Waals surface area contributed by atoms with E-state index in [0.29, 0.717) is 17.1 Å². The van der Waals surface area contributed by atoms with E-state index in [4.69, 9.17) is 18.9 Å². The van der Waals surface area contributed by atoms with Crippen LogP contribution in [-0.2, 0) is 4.74 Å². The second-order valence-corrected chi connectivity index (χ2v) is 5.76. The molecule has 2 aromatic rings. The molecule has 0 fully saturated rings. The van der Waals surface area contributed by atoms with Crippen molar-refractivity contribution in [2.75, 3.05) is 27.9 Å². The van der Waals surface area contributed by atoms with Crippen LogP contribution in [0.1, 0.15) is 27.9 Å². The molecule has 2 rings (SSSR count). The molecule has 1 aromatic heterocycles. The summed E-state index contributed by atoms with van der Waals surface area (Å²) < 4.78 is 21.2. The van der Waals surface area contributed by atoms with Crippen LogP contribution < -0.4 is 14.2 Å². The van der Waals surface area contributed by atoms with Crippen LogP contribution in [0.3, 0.4) is 0 Å². The lowest BCUT2D eigenvalue weighted by Crippen LogP contribution is -2.06. The van der Waals surface area contributed by atoms with E-state index < -0.39 is 11.9 Å². The number of rotatable bonds is 7. The standard InChI is InChI=1S/C17H18BrNO7/c1-5-26-17(22)13-11(18)10(12(19-13)16(20)21)8-6-7-9(23-2)15(25-4)14(8)24-3/h6-7,19H,5H2,1-4H3,(H,20,21). The minimum absolute atomic E-state index is 0.00362. The van der Waals surface area contributed by atoms with Crippen molar-refractivity contribution < 1.29 is 33.6 Å². The van der Waals surface area contributed by atoms with Crippen LogP contribution in [0.5, 0.6) is 17.2 Å². The van der Waals surface area contributed by atoms with Crippen molar-refractivity contribution in [3.63, 3.8) is 0 Å². The number of carboxylic acids is 1. The fraction of sp³-hybridized carbons (Fsp3) is 0.294. The number of aromatic carboxylic acids is 1. The van der Waals surface area contributed by atoms with Crippen LogP contribution in [0.25, 0.3) is 11.1 Å². The fourth-order valence-electron chi connectivity index (χ4n) is 2.53. The Bertz CT molecular complexity index is 844. The molecule has 9 heteroatoms. The minimum Gasteiger partial charge on any atom is -0.493 e. The highest BCUT2D eigenvalue weighted by Gasteiger charge is 2.29. The molecule has 0 saturated heterocycles. The number of aromatic amines is 1. The van der Waals surface area contributed by atoms with Gasteiger partial charge < -0.3 is 29.0 Å². The summed E-state index contributed by atoms with van der Waals surface area (Å²) in [6.45, 7) is 1.81. The van der Waals surface area contributed by atoms with Crippen LogP contribution in [0, 0.1) is 0 Å². The molecule has 0 saturated carbocycles. The van der Waals surface area contributed by atoms with Crippen LogP contribution >= 0.6 is 15.9 Å². The van der Waals surface area contributed by atoms with Gasteiger partial charge in [0.25, 0.3) is 0 Å². The number of esters is 1. The molecule has 0 aliphatic carbocycles. The second kappa shape index (κ2) is 8.13. The first kappa shape index (κ1) is 19.6. The number of hydrogen-bond donors (Lipinski definition) is 2. The molecular weight excluding hydrogens is 410 g/mol. The average Bonchev–Trinajstić information content (AvgIpc) is 2.97. The summed E-state index contributed by atoms with van der Waals surface area (Å²) in [7, 11) is 4.34. The Morgan fingerprint density at radius 1 is 1.08 bits per heavy atom. The lowest BCUT2D eigenvalue weighted by atomic mass is 10.0. The molecule has 8 nitrogen and oxygen atoms in total. The lowest BCUT2D eigenvalue weighted by molar-refractivity contribution is 0.0519. The largest absolute Gasteiger partial charge is 0.493 e. The Morgan fingerprint density at radius 3 is 2.23 bits per heavy atom. The van der Waals surface area contributed by atoms with Crippen LogP contribution in [0.15, 0.2) is 16.6 Å². The molecule has 140 valence electrons. The predicted molar refractivity (Wildman–Crippen MR) is 96.5 cm³/mol. The number of carbonyl (C=O) groups is 2. The van der Waals surface area contributed by atoms with Crippen molar-refractivity contribution >= 4 is 27.9 Å². The van der Waals surface area contributed by atoms with Crippen molar-refractivity contribution in [3.05, 3.63) is 28.0 Å². The van der Waals surface area contributed by atoms with Crippen molar-refractivity contribution in [1.82, 2.24) is 4.98 Å². The maximum atomic E-state index is 12.1. The van der Waals surface area contributed by atoms with Gasteiger partial charge in [0.2, 0.25) is 5.75 Å². The fourth-order valence-corrected chi connectivity index (χ4v) is 3.21. The van der Waals surface area contributed by atoms with Gasteiger partial charge in [-0.15, -0.1) is 0 Å². The van der Waals surface area contributed by atoms with Gasteiger partial charge in [-0.05, 0) is 35.0 Å². The molecule has 0 amide bonds. The van der Waals surface area contributed by atoms with E-state index in [1.807, 2.05) is 0 Å². The Balaban J connectivity index is 2.79. The summed E-state index contributed by atoms with van der Waals surface area (Å²) in [6.07, 6.45) is 0. The summed E-state index contributed by atoms with van der Waals surface area (Å²) >= 11 is 3.30. The molecule has 1 aromatic carbocycles. The summed E-state index contributed by atoms with van der Waals surface area (Å²) in [5.74, 6) is -0.929. The number of aromatic nitrogens is 1. The number of H-pyrrole nitrogens is 1. The predicted octanol–water partition coefficient (Wildman–Crippen LogP) is 3.34. The lowest BCUT2D eigenvalue weighted by Gasteiger charge is -2.16. The zero-order valence-electron chi connectivity index (χ0n) is 14.6. The van der Waals surface area contributed by atoms with E-state index in [-0.39, 0.29) is 33.8 Å². The average molecular weight is 428 g/mol. The number of nitrogens with one attached hydrogen (secondary N) is 1. The number of carbonyl (C=O) groups excluding carboxylic acids is 1. The topological polar surface area (TPSA) is 107 Å². The number of hydrogen-bond acceptors (Lipinski definition) is 6. The van der Waals surface area contributed by atoms with E-state index in [0.717, 1.165) is 0 Å². The molecule has 0 unspecified atom stereocenters. The van der Waals surface area contributed by atoms with Gasteiger partial charge in [-0.3, -0.25) is 0 Å². The summed E-state index contributed by atoms with van der Waals surface area (Å²) in [6, 6.07) is 3.24. The van der Waals surface area contributed by atoms with Gasteiger partial charge in [0.05, 0.1) is 32.4 Å². The molecule has 0 radical (unpaired) electrons. The van der Waals surface area contributed by atoms with Crippen LogP contribution in [-0.4, -0.2) is 50.0 Å². The Hall–Kier alpha value is -2.68. The van der Waals surface area contributed by atoms with E-state index in [9.17, 15) is 14.7 Å². The summed E-state index contributed by atoms with van der Waals surface area (Å²) in [5, 5.41) is 9.57. The number of halogens is 1. The van der Waals surface area contributed by atoms with Crippen LogP contribution in [0.4, 0.5) is 0 Å². The summed E-state index contributed by atoms with van der Waals surface area (Å²) in [5.41, 5.74) is 0.445. The van der Waals surface area contributed by atoms with Gasteiger partial charge in [-0.2, -0.15) is 0 Å². The number of benzene rings is 1. The SMILES string of the molecule is CCOC(=O)c1[nH]c(C(=O)O)c(-c2ccc(OC)c(OC)c2OC)c1Br. The zero-order chi connectivity index (χ0) is 19.4. The minimum atomic E-state index is -1.24. The highest BCUT2D eigenvalue weighted by atomic mass is 79.9. The first-order valence-electron chi connectivity index (χ1n) is 7.52. The smallest absolute Gasteiger partial charge is 0.355 e.